The first kappa shape index (κ1) is 13.2. The first-order chi connectivity index (χ1) is 5.66. The van der Waals surface area contributed by atoms with Crippen LogP contribution in [0, 0.1) is 5.41 Å². The van der Waals surface area contributed by atoms with Crippen molar-refractivity contribution in [2.24, 2.45) is 5.41 Å². The number of hydrogen-bond donors (Lipinski definition) is 0. The minimum Gasteiger partial charge on any atom is -0.277 e. The van der Waals surface area contributed by atoms with E-state index in [-0.39, 0.29) is 25.8 Å². The minimum atomic E-state index is -0.510. The summed E-state index contributed by atoms with van der Waals surface area (Å²) < 4.78 is 0. The molecule has 0 aromatic carbocycles. The molecule has 1 rings (SSSR count). The van der Waals surface area contributed by atoms with Crippen molar-refractivity contribution >= 4 is 20.2 Å². The maximum Gasteiger partial charge on any atom is 0.235 e. The zero-order chi connectivity index (χ0) is 10.4. The molecule has 0 aliphatic carbocycles. The molecule has 4 heteroatoms. The summed E-state index contributed by atoms with van der Waals surface area (Å²) in [4.78, 5) is 24.7. The SMILES string of the molecule is CC1(C)CC(=O)N(C(C)(C)C)C1=O.[B]. The molecule has 0 atom stereocenters. The fraction of sp³-hybridized carbons (Fsp3) is 0.800. The molecule has 1 aliphatic heterocycles. The van der Waals surface area contributed by atoms with Crippen molar-refractivity contribution in [1.29, 1.82) is 0 Å². The molecule has 0 N–H and O–H groups in total. The van der Waals surface area contributed by atoms with Crippen molar-refractivity contribution < 1.29 is 9.59 Å². The predicted molar refractivity (Wildman–Crippen MR) is 55.8 cm³/mol. The van der Waals surface area contributed by atoms with Crippen LogP contribution in [0.1, 0.15) is 41.0 Å². The lowest BCUT2D eigenvalue weighted by molar-refractivity contribution is -0.146. The molecular weight excluding hydrogens is 177 g/mol. The van der Waals surface area contributed by atoms with Crippen LogP contribution in [0.3, 0.4) is 0 Å². The second-order valence-electron chi connectivity index (χ2n) is 5.27. The second kappa shape index (κ2) is 3.41. The van der Waals surface area contributed by atoms with Gasteiger partial charge in [0.2, 0.25) is 11.8 Å². The molecule has 0 unspecified atom stereocenters. The summed E-state index contributed by atoms with van der Waals surface area (Å²) >= 11 is 0. The Balaban J connectivity index is 0.00000169. The van der Waals surface area contributed by atoms with E-state index in [1.54, 1.807) is 0 Å². The Morgan fingerprint density at radius 1 is 1.21 bits per heavy atom. The molecule has 0 aromatic heterocycles. The van der Waals surface area contributed by atoms with Gasteiger partial charge in [0, 0.05) is 20.4 Å². The van der Waals surface area contributed by atoms with Crippen molar-refractivity contribution in [3.8, 4) is 0 Å². The highest BCUT2D eigenvalue weighted by Gasteiger charge is 2.48. The Labute approximate surface area is 87.4 Å². The Bertz CT molecular complexity index is 266. The van der Waals surface area contributed by atoms with E-state index in [9.17, 15) is 9.59 Å². The van der Waals surface area contributed by atoms with Gasteiger partial charge in [0.05, 0.1) is 5.41 Å². The molecular formula is C10H17BNO2. The fourth-order valence-electron chi connectivity index (χ4n) is 1.63. The van der Waals surface area contributed by atoms with Gasteiger partial charge in [-0.15, -0.1) is 0 Å². The van der Waals surface area contributed by atoms with E-state index in [4.69, 9.17) is 0 Å². The molecule has 3 nitrogen and oxygen atoms in total. The van der Waals surface area contributed by atoms with Gasteiger partial charge >= 0.3 is 0 Å². The van der Waals surface area contributed by atoms with Gasteiger partial charge in [-0.3, -0.25) is 14.5 Å². The summed E-state index contributed by atoms with van der Waals surface area (Å²) in [5.74, 6) is -0.104. The molecule has 77 valence electrons. The van der Waals surface area contributed by atoms with E-state index in [2.05, 4.69) is 0 Å². The van der Waals surface area contributed by atoms with Gasteiger partial charge in [-0.25, -0.2) is 0 Å². The van der Waals surface area contributed by atoms with Crippen LogP contribution in [0.2, 0.25) is 0 Å². The average Bonchev–Trinajstić information content (AvgIpc) is 1.99. The lowest BCUT2D eigenvalue weighted by atomic mass is 9.91. The monoisotopic (exact) mass is 194 g/mol. The molecule has 1 heterocycles. The van der Waals surface area contributed by atoms with Crippen LogP contribution in [-0.4, -0.2) is 30.7 Å². The summed E-state index contributed by atoms with van der Waals surface area (Å²) in [6, 6.07) is 0. The summed E-state index contributed by atoms with van der Waals surface area (Å²) in [7, 11) is 0. The van der Waals surface area contributed by atoms with Crippen molar-refractivity contribution in [1.82, 2.24) is 4.90 Å². The van der Waals surface area contributed by atoms with Crippen molar-refractivity contribution in [3.63, 3.8) is 0 Å². The Morgan fingerprint density at radius 3 is 1.79 bits per heavy atom. The van der Waals surface area contributed by atoms with Gasteiger partial charge in [-0.05, 0) is 20.8 Å². The largest absolute Gasteiger partial charge is 0.277 e. The van der Waals surface area contributed by atoms with Crippen LogP contribution in [0.15, 0.2) is 0 Å². The zero-order valence-electron chi connectivity index (χ0n) is 9.55. The molecule has 1 fully saturated rings. The summed E-state index contributed by atoms with van der Waals surface area (Å²) in [5, 5.41) is 0. The number of carbonyl (C=O) groups is 2. The highest BCUT2D eigenvalue weighted by atomic mass is 16.2. The third-order valence-corrected chi connectivity index (χ3v) is 2.30. The summed E-state index contributed by atoms with van der Waals surface area (Å²) in [6.45, 7) is 9.27. The van der Waals surface area contributed by atoms with Crippen LogP contribution >= 0.6 is 0 Å². The standard InChI is InChI=1S/C10H17NO2.B/c1-9(2,3)11-7(12)6-10(4,5)8(11)13;/h6H2,1-5H3;. The van der Waals surface area contributed by atoms with Crippen LogP contribution < -0.4 is 0 Å². The van der Waals surface area contributed by atoms with Gasteiger partial charge in [-0.2, -0.15) is 0 Å². The van der Waals surface area contributed by atoms with E-state index in [1.165, 1.54) is 4.90 Å². The van der Waals surface area contributed by atoms with E-state index in [1.807, 2.05) is 34.6 Å². The van der Waals surface area contributed by atoms with Crippen molar-refractivity contribution in [3.05, 3.63) is 0 Å². The molecule has 0 aromatic rings. The molecule has 1 aliphatic rings. The molecule has 1 saturated heterocycles. The van der Waals surface area contributed by atoms with E-state index in [0.717, 1.165) is 0 Å². The highest BCUT2D eigenvalue weighted by Crippen LogP contribution is 2.35. The summed E-state index contributed by atoms with van der Waals surface area (Å²) in [6.07, 6.45) is 0.336. The van der Waals surface area contributed by atoms with E-state index in [0.29, 0.717) is 6.42 Å². The first-order valence-electron chi connectivity index (χ1n) is 4.54. The smallest absolute Gasteiger partial charge is 0.235 e. The normalized spacial score (nSPS) is 21.1. The first-order valence-corrected chi connectivity index (χ1v) is 4.54. The van der Waals surface area contributed by atoms with Crippen LogP contribution in [0.25, 0.3) is 0 Å². The van der Waals surface area contributed by atoms with E-state index >= 15 is 0 Å². The van der Waals surface area contributed by atoms with Gasteiger partial charge in [0.1, 0.15) is 0 Å². The third kappa shape index (κ3) is 1.99. The van der Waals surface area contributed by atoms with Gasteiger partial charge in [0.25, 0.3) is 0 Å². The quantitative estimate of drug-likeness (QED) is 0.429. The third-order valence-electron chi connectivity index (χ3n) is 2.30. The Morgan fingerprint density at radius 2 is 1.64 bits per heavy atom. The van der Waals surface area contributed by atoms with Crippen LogP contribution in [0.5, 0.6) is 0 Å². The molecule has 14 heavy (non-hydrogen) atoms. The number of likely N-dealkylation sites (tertiary alicyclic amines) is 1. The number of carbonyl (C=O) groups excluding carboxylic acids is 2. The predicted octanol–water partition coefficient (Wildman–Crippen LogP) is 1.19. The molecule has 3 radical (unpaired) electrons. The Kier molecular flexibility index (Phi) is 3.21. The lowest BCUT2D eigenvalue weighted by Crippen LogP contribution is -2.46. The fourth-order valence-corrected chi connectivity index (χ4v) is 1.63. The van der Waals surface area contributed by atoms with Gasteiger partial charge < -0.3 is 0 Å². The number of amides is 2. The second-order valence-corrected chi connectivity index (χ2v) is 5.27. The topological polar surface area (TPSA) is 37.4 Å². The van der Waals surface area contributed by atoms with Gasteiger partial charge in [-0.1, -0.05) is 13.8 Å². The molecule has 0 spiro atoms. The minimum absolute atomic E-state index is 0. The Hall–Kier alpha value is -0.795. The van der Waals surface area contributed by atoms with Crippen LogP contribution in [-0.2, 0) is 9.59 Å². The molecule has 2 amide bonds. The maximum atomic E-state index is 11.8. The summed E-state index contributed by atoms with van der Waals surface area (Å²) in [5.41, 5.74) is -0.897. The van der Waals surface area contributed by atoms with Gasteiger partial charge in [0.15, 0.2) is 0 Å². The van der Waals surface area contributed by atoms with Crippen molar-refractivity contribution in [2.75, 3.05) is 0 Å². The highest BCUT2D eigenvalue weighted by molar-refractivity contribution is 6.06. The number of nitrogens with zero attached hydrogens (tertiary/aromatic N) is 1. The van der Waals surface area contributed by atoms with Crippen molar-refractivity contribution in [2.45, 2.75) is 46.6 Å². The number of hydrogen-bond acceptors (Lipinski definition) is 2. The molecule has 0 saturated carbocycles. The molecule has 0 bridgehead atoms. The maximum absolute atomic E-state index is 11.8. The van der Waals surface area contributed by atoms with E-state index < -0.39 is 5.41 Å². The van der Waals surface area contributed by atoms with Crippen LogP contribution in [0.4, 0.5) is 0 Å². The number of rotatable bonds is 0. The zero-order valence-corrected chi connectivity index (χ0v) is 9.55. The number of imide groups is 1. The average molecular weight is 194 g/mol. The lowest BCUT2D eigenvalue weighted by Gasteiger charge is -2.31.